The molecule has 3 nitrogen and oxygen atoms in total. The molecule has 0 saturated heterocycles. The van der Waals surface area contributed by atoms with Crippen LogP contribution in [0.2, 0.25) is 5.02 Å². The highest BCUT2D eigenvalue weighted by molar-refractivity contribution is 6.30. The van der Waals surface area contributed by atoms with Crippen molar-refractivity contribution in [2.24, 2.45) is 0 Å². The fourth-order valence-corrected chi connectivity index (χ4v) is 2.50. The molecule has 0 atom stereocenters. The van der Waals surface area contributed by atoms with Crippen molar-refractivity contribution < 1.29 is 9.53 Å². The van der Waals surface area contributed by atoms with Crippen molar-refractivity contribution in [1.29, 1.82) is 0 Å². The van der Waals surface area contributed by atoms with Gasteiger partial charge >= 0.3 is 0 Å². The van der Waals surface area contributed by atoms with Crippen LogP contribution in [0.25, 0.3) is 6.08 Å². The zero-order chi connectivity index (χ0) is 15.5. The van der Waals surface area contributed by atoms with Crippen LogP contribution in [0.1, 0.15) is 18.1 Å². The Labute approximate surface area is 134 Å². The van der Waals surface area contributed by atoms with Crippen LogP contribution in [-0.4, -0.2) is 12.5 Å². The third-order valence-electron chi connectivity index (χ3n) is 3.60. The van der Waals surface area contributed by atoms with E-state index in [9.17, 15) is 4.79 Å². The molecule has 4 heteroatoms. The van der Waals surface area contributed by atoms with Crippen molar-refractivity contribution >= 4 is 29.3 Å². The summed E-state index contributed by atoms with van der Waals surface area (Å²) in [5, 5.41) is 3.51. The van der Waals surface area contributed by atoms with Gasteiger partial charge in [-0.3, -0.25) is 4.79 Å². The van der Waals surface area contributed by atoms with E-state index in [1.807, 2.05) is 36.4 Å². The lowest BCUT2D eigenvalue weighted by molar-refractivity contribution is -0.113. The van der Waals surface area contributed by atoms with Gasteiger partial charge in [-0.2, -0.15) is 0 Å². The van der Waals surface area contributed by atoms with Gasteiger partial charge in [0.25, 0.3) is 5.91 Å². The van der Waals surface area contributed by atoms with Gasteiger partial charge in [-0.15, -0.1) is 0 Å². The molecule has 1 amide bonds. The molecular formula is C18H16ClNO2. The average Bonchev–Trinajstić information content (AvgIpc) is 2.54. The normalized spacial score (nSPS) is 12.9. The van der Waals surface area contributed by atoms with Gasteiger partial charge in [0.05, 0.1) is 5.57 Å². The molecule has 0 saturated carbocycles. The van der Waals surface area contributed by atoms with Crippen LogP contribution >= 0.6 is 11.6 Å². The van der Waals surface area contributed by atoms with Crippen molar-refractivity contribution in [1.82, 2.24) is 0 Å². The molecule has 0 bridgehead atoms. The summed E-state index contributed by atoms with van der Waals surface area (Å²) in [6.07, 6.45) is 2.80. The van der Waals surface area contributed by atoms with Crippen molar-refractivity contribution in [2.45, 2.75) is 13.3 Å². The molecule has 0 aliphatic carbocycles. The third kappa shape index (κ3) is 3.15. The molecule has 1 N–H and O–H groups in total. The molecule has 0 aromatic heterocycles. The Morgan fingerprint density at radius 3 is 2.73 bits per heavy atom. The highest BCUT2D eigenvalue weighted by Crippen LogP contribution is 2.29. The number of ether oxygens (including phenoxy) is 1. The van der Waals surface area contributed by atoms with Crippen LogP contribution < -0.4 is 10.1 Å². The first-order valence-electron chi connectivity index (χ1n) is 7.19. The number of rotatable bonds is 3. The first kappa shape index (κ1) is 14.7. The van der Waals surface area contributed by atoms with Crippen molar-refractivity contribution in [3.05, 3.63) is 64.2 Å². The first-order chi connectivity index (χ1) is 10.7. The van der Waals surface area contributed by atoms with E-state index in [1.165, 1.54) is 5.56 Å². The summed E-state index contributed by atoms with van der Waals surface area (Å²) in [5.41, 5.74) is 3.42. The van der Waals surface area contributed by atoms with E-state index < -0.39 is 0 Å². The highest BCUT2D eigenvalue weighted by atomic mass is 35.5. The van der Waals surface area contributed by atoms with Gasteiger partial charge in [0.15, 0.2) is 0 Å². The Kier molecular flexibility index (Phi) is 4.16. The van der Waals surface area contributed by atoms with E-state index in [0.717, 1.165) is 23.4 Å². The van der Waals surface area contributed by atoms with Gasteiger partial charge < -0.3 is 10.1 Å². The number of aryl methyl sites for hydroxylation is 1. The van der Waals surface area contributed by atoms with E-state index in [4.69, 9.17) is 16.3 Å². The van der Waals surface area contributed by atoms with Gasteiger partial charge in [-0.1, -0.05) is 30.7 Å². The monoisotopic (exact) mass is 313 g/mol. The second kappa shape index (κ2) is 6.24. The molecule has 3 rings (SSSR count). The Bertz CT molecular complexity index is 735. The molecule has 112 valence electrons. The van der Waals surface area contributed by atoms with Gasteiger partial charge in [0.2, 0.25) is 0 Å². The Hall–Kier alpha value is -2.26. The summed E-state index contributed by atoms with van der Waals surface area (Å²) >= 11 is 5.98. The molecule has 1 aliphatic heterocycles. The summed E-state index contributed by atoms with van der Waals surface area (Å²) < 4.78 is 5.60. The molecular weight excluding hydrogens is 298 g/mol. The SMILES string of the molecule is CCc1ccc(NC(=O)C2=Cc3cc(Cl)ccc3OC2)cc1. The maximum atomic E-state index is 12.3. The van der Waals surface area contributed by atoms with Gasteiger partial charge in [0.1, 0.15) is 12.4 Å². The summed E-state index contributed by atoms with van der Waals surface area (Å²) in [7, 11) is 0. The van der Waals surface area contributed by atoms with Gasteiger partial charge in [0, 0.05) is 16.3 Å². The standard InChI is InChI=1S/C18H16ClNO2/c1-2-12-3-6-16(7-4-12)20-18(21)14-9-13-10-15(19)5-8-17(13)22-11-14/h3-10H,2,11H2,1H3,(H,20,21). The van der Waals surface area contributed by atoms with E-state index in [-0.39, 0.29) is 12.5 Å². The topological polar surface area (TPSA) is 38.3 Å². The van der Waals surface area contributed by atoms with E-state index in [0.29, 0.717) is 10.6 Å². The molecule has 0 spiro atoms. The third-order valence-corrected chi connectivity index (χ3v) is 3.83. The summed E-state index contributed by atoms with van der Waals surface area (Å²) in [6.45, 7) is 2.36. The number of nitrogens with one attached hydrogen (secondary N) is 1. The fourth-order valence-electron chi connectivity index (χ4n) is 2.31. The van der Waals surface area contributed by atoms with Crippen LogP contribution in [0.4, 0.5) is 5.69 Å². The van der Waals surface area contributed by atoms with Gasteiger partial charge in [-0.25, -0.2) is 0 Å². The molecule has 0 fully saturated rings. The number of halogens is 1. The zero-order valence-corrected chi connectivity index (χ0v) is 13.0. The van der Waals surface area contributed by atoms with Crippen LogP contribution in [0.3, 0.4) is 0 Å². The molecule has 2 aromatic rings. The molecule has 1 heterocycles. The molecule has 22 heavy (non-hydrogen) atoms. The maximum Gasteiger partial charge on any atom is 0.255 e. The summed E-state index contributed by atoms with van der Waals surface area (Å²) in [5.74, 6) is 0.586. The molecule has 2 aromatic carbocycles. The van der Waals surface area contributed by atoms with Gasteiger partial charge in [-0.05, 0) is 48.4 Å². The first-order valence-corrected chi connectivity index (χ1v) is 7.56. The lowest BCUT2D eigenvalue weighted by atomic mass is 10.1. The number of hydrogen-bond donors (Lipinski definition) is 1. The second-order valence-electron chi connectivity index (χ2n) is 5.15. The Morgan fingerprint density at radius 1 is 1.23 bits per heavy atom. The number of benzene rings is 2. The predicted octanol–water partition coefficient (Wildman–Crippen LogP) is 4.32. The number of fused-ring (bicyclic) bond motifs is 1. The minimum Gasteiger partial charge on any atom is -0.488 e. The quantitative estimate of drug-likeness (QED) is 0.916. The van der Waals surface area contributed by atoms with Crippen molar-refractivity contribution in [2.75, 3.05) is 11.9 Å². The number of carbonyl (C=O) groups is 1. The average molecular weight is 314 g/mol. The number of anilines is 1. The minimum atomic E-state index is -0.158. The fraction of sp³-hybridized carbons (Fsp3) is 0.167. The Morgan fingerprint density at radius 2 is 2.00 bits per heavy atom. The highest BCUT2D eigenvalue weighted by Gasteiger charge is 2.17. The minimum absolute atomic E-state index is 0.158. The largest absolute Gasteiger partial charge is 0.488 e. The molecule has 1 aliphatic rings. The lowest BCUT2D eigenvalue weighted by Gasteiger charge is -2.18. The summed E-state index contributed by atoms with van der Waals surface area (Å²) in [6, 6.07) is 13.2. The van der Waals surface area contributed by atoms with Crippen LogP contribution in [0, 0.1) is 0 Å². The van der Waals surface area contributed by atoms with E-state index >= 15 is 0 Å². The van der Waals surface area contributed by atoms with Crippen molar-refractivity contribution in [3.8, 4) is 5.75 Å². The van der Waals surface area contributed by atoms with E-state index in [2.05, 4.69) is 12.2 Å². The van der Waals surface area contributed by atoms with Crippen LogP contribution in [0.5, 0.6) is 5.75 Å². The van der Waals surface area contributed by atoms with Crippen molar-refractivity contribution in [3.63, 3.8) is 0 Å². The number of carbonyl (C=O) groups excluding carboxylic acids is 1. The lowest BCUT2D eigenvalue weighted by Crippen LogP contribution is -2.21. The zero-order valence-electron chi connectivity index (χ0n) is 12.2. The second-order valence-corrected chi connectivity index (χ2v) is 5.58. The summed E-state index contributed by atoms with van der Waals surface area (Å²) in [4.78, 5) is 12.3. The molecule has 0 unspecified atom stereocenters. The Balaban J connectivity index is 1.77. The van der Waals surface area contributed by atoms with Crippen LogP contribution in [-0.2, 0) is 11.2 Å². The smallest absolute Gasteiger partial charge is 0.255 e. The maximum absolute atomic E-state index is 12.3. The van der Waals surface area contributed by atoms with Crippen LogP contribution in [0.15, 0.2) is 48.0 Å². The molecule has 0 radical (unpaired) electrons. The number of hydrogen-bond acceptors (Lipinski definition) is 2. The number of amides is 1. The predicted molar refractivity (Wildman–Crippen MR) is 89.4 cm³/mol. The van der Waals surface area contributed by atoms with E-state index in [1.54, 1.807) is 12.1 Å².